The van der Waals surface area contributed by atoms with Crippen molar-refractivity contribution < 1.29 is 24.2 Å². The van der Waals surface area contributed by atoms with Gasteiger partial charge < -0.3 is 14.6 Å². The topological polar surface area (TPSA) is 72.8 Å². The molecule has 1 rings (SSSR count). The Morgan fingerprint density at radius 1 is 1.44 bits per heavy atom. The van der Waals surface area contributed by atoms with Gasteiger partial charge in [-0.3, -0.25) is 0 Å². The molecule has 0 aromatic carbocycles. The molecule has 18 heavy (non-hydrogen) atoms. The van der Waals surface area contributed by atoms with Gasteiger partial charge in [0.2, 0.25) is 6.10 Å². The molecule has 0 radical (unpaired) electrons. The van der Waals surface area contributed by atoms with Gasteiger partial charge in [-0.1, -0.05) is 20.3 Å². The van der Waals surface area contributed by atoms with Crippen LogP contribution in [0.3, 0.4) is 0 Å². The molecule has 1 fully saturated rings. The summed E-state index contributed by atoms with van der Waals surface area (Å²) < 4.78 is 9.64. The van der Waals surface area contributed by atoms with E-state index in [9.17, 15) is 9.59 Å². The second-order valence-electron chi connectivity index (χ2n) is 5.58. The van der Waals surface area contributed by atoms with E-state index < -0.39 is 18.2 Å². The number of esters is 1. The minimum absolute atomic E-state index is 0.0797. The summed E-state index contributed by atoms with van der Waals surface area (Å²) in [5, 5.41) is 8.73. The van der Waals surface area contributed by atoms with Crippen LogP contribution in [0.4, 0.5) is 4.79 Å². The van der Waals surface area contributed by atoms with Gasteiger partial charge >= 0.3 is 12.1 Å². The first-order valence-corrected chi connectivity index (χ1v) is 6.42. The summed E-state index contributed by atoms with van der Waals surface area (Å²) in [5.41, 5.74) is 0.121. The van der Waals surface area contributed by atoms with Crippen LogP contribution in [0.5, 0.6) is 0 Å². The van der Waals surface area contributed by atoms with Crippen molar-refractivity contribution >= 4 is 12.1 Å². The molecule has 0 spiro atoms. The molecule has 0 aliphatic heterocycles. The molecule has 1 saturated carbocycles. The first-order valence-electron chi connectivity index (χ1n) is 6.42. The van der Waals surface area contributed by atoms with E-state index in [0.717, 1.165) is 25.7 Å². The number of carbonyl (C=O) groups excluding carboxylic acids is 1. The maximum absolute atomic E-state index is 11.8. The van der Waals surface area contributed by atoms with Crippen molar-refractivity contribution in [2.45, 2.75) is 52.6 Å². The van der Waals surface area contributed by atoms with Gasteiger partial charge in [-0.05, 0) is 31.6 Å². The average Bonchev–Trinajstić information content (AvgIpc) is 2.24. The van der Waals surface area contributed by atoms with Gasteiger partial charge in [0.15, 0.2) is 0 Å². The quantitative estimate of drug-likeness (QED) is 0.785. The van der Waals surface area contributed by atoms with Crippen LogP contribution in [0.15, 0.2) is 0 Å². The summed E-state index contributed by atoms with van der Waals surface area (Å²) in [4.78, 5) is 22.5. The number of rotatable bonds is 4. The van der Waals surface area contributed by atoms with Gasteiger partial charge in [-0.15, -0.1) is 0 Å². The van der Waals surface area contributed by atoms with E-state index >= 15 is 0 Å². The van der Waals surface area contributed by atoms with Gasteiger partial charge in [0, 0.05) is 5.92 Å². The Morgan fingerprint density at radius 2 is 2.11 bits per heavy atom. The van der Waals surface area contributed by atoms with Gasteiger partial charge in [0.05, 0.1) is 6.61 Å². The van der Waals surface area contributed by atoms with Crippen molar-refractivity contribution in [3.05, 3.63) is 0 Å². The van der Waals surface area contributed by atoms with Gasteiger partial charge in [0.25, 0.3) is 0 Å². The molecule has 1 aliphatic carbocycles. The van der Waals surface area contributed by atoms with Crippen molar-refractivity contribution in [1.29, 1.82) is 0 Å². The molecule has 2 atom stereocenters. The summed E-state index contributed by atoms with van der Waals surface area (Å²) in [6, 6.07) is 0. The molecule has 5 nitrogen and oxygen atoms in total. The van der Waals surface area contributed by atoms with Gasteiger partial charge in [-0.2, -0.15) is 0 Å². The highest BCUT2D eigenvalue weighted by Crippen LogP contribution is 2.40. The zero-order chi connectivity index (χ0) is 13.8. The second-order valence-corrected chi connectivity index (χ2v) is 5.58. The summed E-state index contributed by atoms with van der Waals surface area (Å²) in [6.07, 6.45) is 1.26. The molecule has 0 bridgehead atoms. The van der Waals surface area contributed by atoms with Crippen LogP contribution in [0.1, 0.15) is 46.5 Å². The molecule has 0 aromatic rings. The van der Waals surface area contributed by atoms with Crippen LogP contribution in [-0.2, 0) is 14.3 Å². The highest BCUT2D eigenvalue weighted by Gasteiger charge is 2.39. The SMILES string of the molecule is CCOC(=O)C(OC(=O)O)C1CCCC(C)(C)C1. The summed E-state index contributed by atoms with van der Waals surface area (Å²) in [6.45, 7) is 6.18. The van der Waals surface area contributed by atoms with E-state index in [0.29, 0.717) is 0 Å². The molecule has 0 saturated heterocycles. The Bertz CT molecular complexity index is 311. The second kappa shape index (κ2) is 6.07. The third kappa shape index (κ3) is 4.20. The van der Waals surface area contributed by atoms with Crippen LogP contribution in [0.2, 0.25) is 0 Å². The predicted octanol–water partition coefficient (Wildman–Crippen LogP) is 2.83. The predicted molar refractivity (Wildman–Crippen MR) is 65.3 cm³/mol. The molecule has 104 valence electrons. The zero-order valence-electron chi connectivity index (χ0n) is 11.3. The van der Waals surface area contributed by atoms with E-state index in [1.807, 2.05) is 0 Å². The number of carboxylic acid groups (broad SMARTS) is 1. The fourth-order valence-corrected chi connectivity index (χ4v) is 2.68. The lowest BCUT2D eigenvalue weighted by Gasteiger charge is -2.37. The van der Waals surface area contributed by atoms with E-state index in [1.165, 1.54) is 0 Å². The van der Waals surface area contributed by atoms with E-state index in [4.69, 9.17) is 14.6 Å². The molecule has 2 unspecified atom stereocenters. The Balaban J connectivity index is 2.75. The fraction of sp³-hybridized carbons (Fsp3) is 0.846. The molecular weight excluding hydrogens is 236 g/mol. The zero-order valence-corrected chi connectivity index (χ0v) is 11.3. The van der Waals surface area contributed by atoms with Crippen LogP contribution in [0, 0.1) is 11.3 Å². The van der Waals surface area contributed by atoms with Crippen molar-refractivity contribution in [3.63, 3.8) is 0 Å². The van der Waals surface area contributed by atoms with Gasteiger partial charge in [-0.25, -0.2) is 9.59 Å². The largest absolute Gasteiger partial charge is 0.506 e. The van der Waals surface area contributed by atoms with Crippen LogP contribution < -0.4 is 0 Å². The number of hydrogen-bond donors (Lipinski definition) is 1. The van der Waals surface area contributed by atoms with E-state index in [1.54, 1.807) is 6.92 Å². The third-order valence-corrected chi connectivity index (χ3v) is 3.42. The molecule has 5 heteroatoms. The summed E-state index contributed by atoms with van der Waals surface area (Å²) in [5.74, 6) is -0.647. The Labute approximate surface area is 107 Å². The smallest absolute Gasteiger partial charge is 0.463 e. The van der Waals surface area contributed by atoms with Crippen molar-refractivity contribution in [2.75, 3.05) is 6.61 Å². The van der Waals surface area contributed by atoms with Gasteiger partial charge in [0.1, 0.15) is 0 Å². The minimum Gasteiger partial charge on any atom is -0.463 e. The fourth-order valence-electron chi connectivity index (χ4n) is 2.68. The van der Waals surface area contributed by atoms with Crippen molar-refractivity contribution in [2.24, 2.45) is 11.3 Å². The molecule has 1 N–H and O–H groups in total. The standard InChI is InChI=1S/C13H22O5/c1-4-17-11(14)10(18-12(15)16)9-6-5-7-13(2,3)8-9/h9-10H,4-8H2,1-3H3,(H,15,16). The first kappa shape index (κ1) is 14.8. The lowest BCUT2D eigenvalue weighted by molar-refractivity contribution is -0.159. The highest BCUT2D eigenvalue weighted by molar-refractivity contribution is 5.77. The maximum atomic E-state index is 11.8. The molecule has 1 aliphatic rings. The minimum atomic E-state index is -1.42. The lowest BCUT2D eigenvalue weighted by Crippen LogP contribution is -2.39. The third-order valence-electron chi connectivity index (χ3n) is 3.42. The van der Waals surface area contributed by atoms with E-state index in [2.05, 4.69) is 13.8 Å². The average molecular weight is 258 g/mol. The van der Waals surface area contributed by atoms with Crippen LogP contribution in [-0.4, -0.2) is 29.9 Å². The highest BCUT2D eigenvalue weighted by atomic mass is 16.7. The molecule has 0 aromatic heterocycles. The Hall–Kier alpha value is -1.26. The number of ether oxygens (including phenoxy) is 2. The molecule has 0 heterocycles. The summed E-state index contributed by atoms with van der Waals surface area (Å²) in [7, 11) is 0. The molecule has 0 amide bonds. The maximum Gasteiger partial charge on any atom is 0.506 e. The normalized spacial score (nSPS) is 24.1. The van der Waals surface area contributed by atoms with Crippen molar-refractivity contribution in [3.8, 4) is 0 Å². The van der Waals surface area contributed by atoms with Crippen LogP contribution in [0.25, 0.3) is 0 Å². The monoisotopic (exact) mass is 258 g/mol. The first-order chi connectivity index (χ1) is 8.35. The van der Waals surface area contributed by atoms with Crippen molar-refractivity contribution in [1.82, 2.24) is 0 Å². The number of hydrogen-bond acceptors (Lipinski definition) is 4. The Morgan fingerprint density at radius 3 is 2.61 bits per heavy atom. The van der Waals surface area contributed by atoms with Crippen LogP contribution >= 0.6 is 0 Å². The summed E-state index contributed by atoms with van der Waals surface area (Å²) >= 11 is 0. The number of carbonyl (C=O) groups is 2. The lowest BCUT2D eigenvalue weighted by atomic mass is 9.70. The van der Waals surface area contributed by atoms with E-state index in [-0.39, 0.29) is 17.9 Å². The Kier molecular flexibility index (Phi) is 4.99. The molecular formula is C13H22O5.